The van der Waals surface area contributed by atoms with Gasteiger partial charge in [-0.25, -0.2) is 4.39 Å². The summed E-state index contributed by atoms with van der Waals surface area (Å²) in [6.45, 7) is 8.09. The van der Waals surface area contributed by atoms with E-state index in [0.29, 0.717) is 40.0 Å². The van der Waals surface area contributed by atoms with Crippen LogP contribution in [0, 0.1) is 33.5 Å². The molecule has 34 heavy (non-hydrogen) atoms. The molecule has 0 aliphatic carbocycles. The normalized spacial score (nSPS) is 11.0. The van der Waals surface area contributed by atoms with Gasteiger partial charge in [-0.15, -0.1) is 0 Å². The summed E-state index contributed by atoms with van der Waals surface area (Å²) in [5, 5.41) is 11.4. The number of hydrogen-bond acceptors (Lipinski definition) is 5. The zero-order chi connectivity index (χ0) is 24.4. The highest BCUT2D eigenvalue weighted by Gasteiger charge is 2.22. The third-order valence-corrected chi connectivity index (χ3v) is 5.97. The summed E-state index contributed by atoms with van der Waals surface area (Å²) in [4.78, 5) is 12.9. The van der Waals surface area contributed by atoms with Gasteiger partial charge < -0.3 is 14.6 Å². The summed E-state index contributed by atoms with van der Waals surface area (Å²) in [5.74, 6) is 0.687. The molecule has 7 nitrogen and oxygen atoms in total. The van der Waals surface area contributed by atoms with Crippen LogP contribution in [0.4, 0.5) is 10.2 Å². The first kappa shape index (κ1) is 23.5. The van der Waals surface area contributed by atoms with Gasteiger partial charge in [0.2, 0.25) is 0 Å². The Labute approximate surface area is 201 Å². The third-order valence-electron chi connectivity index (χ3n) is 5.62. The fourth-order valence-electron chi connectivity index (χ4n) is 3.42. The van der Waals surface area contributed by atoms with Crippen LogP contribution in [0.15, 0.2) is 47.0 Å². The molecule has 2 aromatic heterocycles. The van der Waals surface area contributed by atoms with Crippen molar-refractivity contribution in [2.24, 2.45) is 0 Å². The Hall–Kier alpha value is -3.65. The highest BCUT2D eigenvalue weighted by molar-refractivity contribution is 6.31. The first-order chi connectivity index (χ1) is 16.2. The van der Waals surface area contributed by atoms with E-state index in [4.69, 9.17) is 20.9 Å². The zero-order valence-corrected chi connectivity index (χ0v) is 20.0. The highest BCUT2D eigenvalue weighted by Crippen LogP contribution is 2.22. The first-order valence-corrected chi connectivity index (χ1v) is 11.0. The van der Waals surface area contributed by atoms with Crippen molar-refractivity contribution in [1.82, 2.24) is 14.9 Å². The largest absolute Gasteiger partial charge is 0.489 e. The molecule has 0 saturated carbocycles. The smallest absolute Gasteiger partial charge is 0.279 e. The Kier molecular flexibility index (Phi) is 6.70. The highest BCUT2D eigenvalue weighted by atomic mass is 35.5. The standard InChI is InChI=1S/C25H24ClFN4O3/c1-14-5-8-20(9-15(14)2)33-13-21-17(4)34-30-24(21)25(32)28-23-10-16(3)31(29-23)12-18-6-7-19(27)11-22(18)26/h5-11H,12-13H2,1-4H3,(H,28,29,32). The van der Waals surface area contributed by atoms with E-state index in [1.165, 1.54) is 17.7 Å². The maximum atomic E-state index is 13.3. The average molecular weight is 483 g/mol. The molecule has 9 heteroatoms. The van der Waals surface area contributed by atoms with Gasteiger partial charge in [0.25, 0.3) is 5.91 Å². The molecule has 0 unspecified atom stereocenters. The minimum absolute atomic E-state index is 0.134. The van der Waals surface area contributed by atoms with Crippen LogP contribution < -0.4 is 10.1 Å². The second-order valence-electron chi connectivity index (χ2n) is 8.12. The molecule has 0 radical (unpaired) electrons. The lowest BCUT2D eigenvalue weighted by Crippen LogP contribution is -2.16. The molecule has 0 saturated heterocycles. The molecule has 0 fully saturated rings. The number of carbonyl (C=O) groups excluding carboxylic acids is 1. The van der Waals surface area contributed by atoms with Crippen LogP contribution in [0.3, 0.4) is 0 Å². The fourth-order valence-corrected chi connectivity index (χ4v) is 3.64. The Morgan fingerprint density at radius 1 is 1.12 bits per heavy atom. The molecule has 2 aromatic carbocycles. The summed E-state index contributed by atoms with van der Waals surface area (Å²) in [6.07, 6.45) is 0. The van der Waals surface area contributed by atoms with Gasteiger partial charge in [-0.05, 0) is 68.7 Å². The number of halogens is 2. The predicted molar refractivity (Wildman–Crippen MR) is 127 cm³/mol. The Bertz CT molecular complexity index is 1360. The minimum Gasteiger partial charge on any atom is -0.489 e. The summed E-state index contributed by atoms with van der Waals surface area (Å²) >= 11 is 6.13. The quantitative estimate of drug-likeness (QED) is 0.361. The number of ether oxygens (including phenoxy) is 1. The van der Waals surface area contributed by atoms with Gasteiger partial charge in [-0.3, -0.25) is 9.48 Å². The number of aromatic nitrogens is 3. The van der Waals surface area contributed by atoms with Crippen LogP contribution in [-0.2, 0) is 13.2 Å². The molecule has 1 amide bonds. The number of rotatable bonds is 7. The molecular weight excluding hydrogens is 459 g/mol. The molecule has 0 atom stereocenters. The molecule has 2 heterocycles. The average Bonchev–Trinajstić information content (AvgIpc) is 3.32. The number of benzene rings is 2. The molecule has 1 N–H and O–H groups in total. The molecular formula is C25H24ClFN4O3. The minimum atomic E-state index is -0.458. The second kappa shape index (κ2) is 9.69. The molecule has 0 bridgehead atoms. The number of amides is 1. The van der Waals surface area contributed by atoms with Crippen molar-refractivity contribution >= 4 is 23.3 Å². The van der Waals surface area contributed by atoms with Crippen LogP contribution in [0.2, 0.25) is 5.02 Å². The van der Waals surface area contributed by atoms with E-state index >= 15 is 0 Å². The van der Waals surface area contributed by atoms with Crippen LogP contribution in [-0.4, -0.2) is 20.8 Å². The van der Waals surface area contributed by atoms with Crippen molar-refractivity contribution in [3.8, 4) is 5.75 Å². The van der Waals surface area contributed by atoms with Gasteiger partial charge in [0.1, 0.15) is 23.9 Å². The number of hydrogen-bond donors (Lipinski definition) is 1. The Morgan fingerprint density at radius 2 is 1.91 bits per heavy atom. The zero-order valence-electron chi connectivity index (χ0n) is 19.3. The van der Waals surface area contributed by atoms with E-state index in [2.05, 4.69) is 15.6 Å². The molecule has 4 rings (SSSR count). The summed E-state index contributed by atoms with van der Waals surface area (Å²) in [7, 11) is 0. The summed E-state index contributed by atoms with van der Waals surface area (Å²) in [5.41, 5.74) is 4.49. The van der Waals surface area contributed by atoms with Gasteiger partial charge in [-0.1, -0.05) is 28.9 Å². The molecule has 4 aromatic rings. The van der Waals surface area contributed by atoms with E-state index in [1.54, 1.807) is 23.7 Å². The number of carbonyl (C=O) groups is 1. The van der Waals surface area contributed by atoms with Crippen molar-refractivity contribution < 1.29 is 18.4 Å². The molecule has 0 aliphatic heterocycles. The van der Waals surface area contributed by atoms with Crippen molar-refractivity contribution in [2.75, 3.05) is 5.32 Å². The maximum absolute atomic E-state index is 13.3. The number of nitrogens with zero attached hydrogens (tertiary/aromatic N) is 3. The van der Waals surface area contributed by atoms with Gasteiger partial charge in [0, 0.05) is 16.8 Å². The van der Waals surface area contributed by atoms with Crippen LogP contribution in [0.1, 0.15) is 44.2 Å². The number of aryl methyl sites for hydroxylation is 4. The van der Waals surface area contributed by atoms with E-state index in [0.717, 1.165) is 11.3 Å². The predicted octanol–water partition coefficient (Wildman–Crippen LogP) is 5.78. The van der Waals surface area contributed by atoms with Crippen molar-refractivity contribution in [3.63, 3.8) is 0 Å². The number of nitrogens with one attached hydrogen (secondary N) is 1. The lowest BCUT2D eigenvalue weighted by Gasteiger charge is -2.09. The Balaban J connectivity index is 1.47. The molecule has 176 valence electrons. The topological polar surface area (TPSA) is 82.2 Å². The molecule has 0 spiro atoms. The van der Waals surface area contributed by atoms with Gasteiger partial charge >= 0.3 is 0 Å². The fraction of sp³-hybridized carbons (Fsp3) is 0.240. The first-order valence-electron chi connectivity index (χ1n) is 10.7. The Morgan fingerprint density at radius 3 is 2.65 bits per heavy atom. The van der Waals surface area contributed by atoms with Gasteiger partial charge in [-0.2, -0.15) is 5.10 Å². The lowest BCUT2D eigenvalue weighted by atomic mass is 10.1. The summed E-state index contributed by atoms with van der Waals surface area (Å²) in [6, 6.07) is 11.7. The summed E-state index contributed by atoms with van der Waals surface area (Å²) < 4.78 is 26.1. The van der Waals surface area contributed by atoms with E-state index < -0.39 is 11.7 Å². The lowest BCUT2D eigenvalue weighted by molar-refractivity contribution is 0.101. The molecule has 0 aliphatic rings. The van der Waals surface area contributed by atoms with Crippen LogP contribution in [0.5, 0.6) is 5.75 Å². The van der Waals surface area contributed by atoms with E-state index in [-0.39, 0.29) is 12.3 Å². The monoisotopic (exact) mass is 482 g/mol. The van der Waals surface area contributed by atoms with Gasteiger partial charge in [0.05, 0.1) is 12.1 Å². The maximum Gasteiger partial charge on any atom is 0.279 e. The van der Waals surface area contributed by atoms with E-state index in [1.807, 2.05) is 39.0 Å². The van der Waals surface area contributed by atoms with Gasteiger partial charge in [0.15, 0.2) is 11.5 Å². The van der Waals surface area contributed by atoms with Crippen LogP contribution in [0.25, 0.3) is 0 Å². The van der Waals surface area contributed by atoms with Crippen molar-refractivity contribution in [2.45, 2.75) is 40.8 Å². The third kappa shape index (κ3) is 5.12. The van der Waals surface area contributed by atoms with Crippen molar-refractivity contribution in [1.29, 1.82) is 0 Å². The SMILES string of the molecule is Cc1ccc(OCc2c(C(=O)Nc3cc(C)n(Cc4ccc(F)cc4Cl)n3)noc2C)cc1C. The second-order valence-corrected chi connectivity index (χ2v) is 8.53. The number of anilines is 1. The van der Waals surface area contributed by atoms with Crippen molar-refractivity contribution in [3.05, 3.63) is 92.7 Å². The van der Waals surface area contributed by atoms with Crippen LogP contribution >= 0.6 is 11.6 Å². The van der Waals surface area contributed by atoms with E-state index in [9.17, 15) is 9.18 Å².